The number of hydrogen-bond acceptors (Lipinski definition) is 6. The van der Waals surface area contributed by atoms with Gasteiger partial charge >= 0.3 is 0 Å². The Balaban J connectivity index is 1.34. The van der Waals surface area contributed by atoms with Crippen molar-refractivity contribution in [1.82, 2.24) is 5.32 Å². The minimum absolute atomic E-state index is 0.152. The van der Waals surface area contributed by atoms with E-state index in [2.05, 4.69) is 29.8 Å². The number of nitrogens with zero attached hydrogens (tertiary/aromatic N) is 1. The third kappa shape index (κ3) is 9.30. The predicted octanol–water partition coefficient (Wildman–Crippen LogP) is 8.60. The number of nitro benzene ring substituents is 1. The maximum Gasteiger partial charge on any atom is 0.276 e. The van der Waals surface area contributed by atoms with Crippen LogP contribution in [-0.2, 0) is 9.59 Å². The second-order valence-electron chi connectivity index (χ2n) is 11.3. The Labute approximate surface area is 288 Å². The normalized spacial score (nSPS) is 11.8. The van der Waals surface area contributed by atoms with Crippen molar-refractivity contribution in [2.75, 3.05) is 10.6 Å². The Morgan fingerprint density at radius 2 is 1.27 bits per heavy atom. The van der Waals surface area contributed by atoms with E-state index in [-0.39, 0.29) is 22.9 Å². The lowest BCUT2D eigenvalue weighted by atomic mass is 10.0. The number of anilines is 2. The van der Waals surface area contributed by atoms with Crippen molar-refractivity contribution in [3.05, 3.63) is 172 Å². The molecule has 0 fully saturated rings. The molecule has 0 saturated carbocycles. The van der Waals surface area contributed by atoms with Crippen molar-refractivity contribution in [3.8, 4) is 0 Å². The predicted molar refractivity (Wildman–Crippen MR) is 194 cm³/mol. The minimum Gasteiger partial charge on any atom is -0.325 e. The van der Waals surface area contributed by atoms with Gasteiger partial charge in [-0.1, -0.05) is 86.6 Å². The number of rotatable bonds is 12. The number of thioether (sulfide) groups is 1. The topological polar surface area (TPSA) is 130 Å². The summed E-state index contributed by atoms with van der Waals surface area (Å²) in [5, 5.41) is 19.5. The van der Waals surface area contributed by atoms with E-state index >= 15 is 0 Å². The standard InChI is InChI=1S/C39H34N4O5S/c1-26(2)27-17-19-31(20-18-27)41-39(46)36(28-11-5-3-6-12-28)49-33-23-21-32(22-24-33)40-38(45)34(42-37(44)29-13-7-4-8-14-29)25-30-15-9-10-16-35(30)43(47)48/h3-26,36H,1-2H3,(H,40,45)(H,41,46)(H,42,44)/b34-25-. The minimum atomic E-state index is -0.673. The highest BCUT2D eigenvalue weighted by molar-refractivity contribution is 8.00. The van der Waals surface area contributed by atoms with E-state index < -0.39 is 22.0 Å². The highest BCUT2D eigenvalue weighted by Gasteiger charge is 2.23. The number of para-hydroxylation sites is 1. The Bertz CT molecular complexity index is 1960. The summed E-state index contributed by atoms with van der Waals surface area (Å²) in [7, 11) is 0. The monoisotopic (exact) mass is 670 g/mol. The van der Waals surface area contributed by atoms with Gasteiger partial charge in [0.15, 0.2) is 0 Å². The lowest BCUT2D eigenvalue weighted by molar-refractivity contribution is -0.385. The molecule has 0 aliphatic rings. The van der Waals surface area contributed by atoms with Crippen LogP contribution in [0.3, 0.4) is 0 Å². The molecule has 0 bridgehead atoms. The zero-order chi connectivity index (χ0) is 34.8. The summed E-state index contributed by atoms with van der Waals surface area (Å²) in [4.78, 5) is 51.9. The molecule has 1 atom stereocenters. The van der Waals surface area contributed by atoms with Crippen molar-refractivity contribution in [2.24, 2.45) is 0 Å². The molecule has 49 heavy (non-hydrogen) atoms. The van der Waals surface area contributed by atoms with Crippen LogP contribution in [-0.4, -0.2) is 22.6 Å². The molecule has 0 radical (unpaired) electrons. The van der Waals surface area contributed by atoms with Crippen LogP contribution in [0, 0.1) is 10.1 Å². The fourth-order valence-electron chi connectivity index (χ4n) is 4.89. The third-order valence-electron chi connectivity index (χ3n) is 7.51. The van der Waals surface area contributed by atoms with Gasteiger partial charge in [0, 0.05) is 27.9 Å². The molecule has 10 heteroatoms. The van der Waals surface area contributed by atoms with Gasteiger partial charge in [-0.2, -0.15) is 0 Å². The molecule has 5 aromatic rings. The van der Waals surface area contributed by atoms with Crippen LogP contribution in [0.2, 0.25) is 0 Å². The zero-order valence-corrected chi connectivity index (χ0v) is 27.6. The van der Waals surface area contributed by atoms with Gasteiger partial charge in [0.2, 0.25) is 5.91 Å². The molecule has 5 rings (SSSR count). The summed E-state index contributed by atoms with van der Waals surface area (Å²) in [5.41, 5.74) is 3.22. The first-order valence-electron chi connectivity index (χ1n) is 15.5. The Hall–Kier alpha value is -6.00. The van der Waals surface area contributed by atoms with Crippen LogP contribution >= 0.6 is 11.8 Å². The number of nitrogens with one attached hydrogen (secondary N) is 3. The average molecular weight is 671 g/mol. The molecule has 0 aliphatic heterocycles. The molecule has 0 heterocycles. The second kappa shape index (κ2) is 16.2. The number of nitro groups is 1. The maximum atomic E-state index is 13.6. The highest BCUT2D eigenvalue weighted by atomic mass is 32.2. The fourth-order valence-corrected chi connectivity index (χ4v) is 5.91. The molecule has 3 amide bonds. The first kappa shape index (κ1) is 34.3. The van der Waals surface area contributed by atoms with Crippen LogP contribution in [0.4, 0.5) is 17.1 Å². The molecule has 0 aliphatic carbocycles. The number of carbonyl (C=O) groups excluding carboxylic acids is 3. The zero-order valence-electron chi connectivity index (χ0n) is 26.8. The van der Waals surface area contributed by atoms with E-state index in [1.54, 1.807) is 60.7 Å². The summed E-state index contributed by atoms with van der Waals surface area (Å²) in [6, 6.07) is 38.5. The van der Waals surface area contributed by atoms with Gasteiger partial charge in [-0.25, -0.2) is 0 Å². The molecule has 5 aromatic carbocycles. The van der Waals surface area contributed by atoms with Crippen molar-refractivity contribution >= 4 is 52.6 Å². The van der Waals surface area contributed by atoms with Crippen molar-refractivity contribution in [2.45, 2.75) is 29.9 Å². The fraction of sp³-hybridized carbons (Fsp3) is 0.103. The molecule has 0 spiro atoms. The van der Waals surface area contributed by atoms with Crippen molar-refractivity contribution < 1.29 is 19.3 Å². The Morgan fingerprint density at radius 3 is 1.90 bits per heavy atom. The Morgan fingerprint density at radius 1 is 0.694 bits per heavy atom. The summed E-state index contributed by atoms with van der Waals surface area (Å²) >= 11 is 1.37. The van der Waals surface area contributed by atoms with Gasteiger partial charge in [-0.15, -0.1) is 11.8 Å². The summed E-state index contributed by atoms with van der Waals surface area (Å²) in [6.07, 6.45) is 1.28. The number of carbonyl (C=O) groups is 3. The Kier molecular flexibility index (Phi) is 11.4. The van der Waals surface area contributed by atoms with Crippen molar-refractivity contribution in [1.29, 1.82) is 0 Å². The lowest BCUT2D eigenvalue weighted by Gasteiger charge is -2.18. The first-order valence-corrected chi connectivity index (χ1v) is 16.4. The molecule has 9 nitrogen and oxygen atoms in total. The van der Waals surface area contributed by atoms with Gasteiger partial charge in [0.25, 0.3) is 17.5 Å². The molecule has 3 N–H and O–H groups in total. The molecular weight excluding hydrogens is 637 g/mol. The molecule has 1 unspecified atom stereocenters. The van der Waals surface area contributed by atoms with Crippen LogP contribution < -0.4 is 16.0 Å². The van der Waals surface area contributed by atoms with E-state index in [9.17, 15) is 24.5 Å². The number of benzene rings is 5. The van der Waals surface area contributed by atoms with Crippen LogP contribution in [0.25, 0.3) is 6.08 Å². The summed E-state index contributed by atoms with van der Waals surface area (Å²) < 4.78 is 0. The van der Waals surface area contributed by atoms with E-state index in [4.69, 9.17) is 0 Å². The van der Waals surface area contributed by atoms with E-state index in [1.807, 2.05) is 54.6 Å². The highest BCUT2D eigenvalue weighted by Crippen LogP contribution is 2.37. The van der Waals surface area contributed by atoms with E-state index in [1.165, 1.54) is 41.6 Å². The molecular formula is C39H34N4O5S. The van der Waals surface area contributed by atoms with Gasteiger partial charge in [0.1, 0.15) is 10.9 Å². The van der Waals surface area contributed by atoms with Gasteiger partial charge in [-0.3, -0.25) is 24.5 Å². The second-order valence-corrected chi connectivity index (χ2v) is 12.5. The lowest BCUT2D eigenvalue weighted by Crippen LogP contribution is -2.30. The first-order chi connectivity index (χ1) is 23.7. The SMILES string of the molecule is CC(C)c1ccc(NC(=O)C(Sc2ccc(NC(=O)/C(=C/c3ccccc3[N+](=O)[O-])NC(=O)c3ccccc3)cc2)c2ccccc2)cc1. The van der Waals surface area contributed by atoms with Crippen LogP contribution in [0.1, 0.15) is 52.1 Å². The summed E-state index contributed by atoms with van der Waals surface area (Å²) in [5.74, 6) is -1.02. The van der Waals surface area contributed by atoms with Crippen LogP contribution in [0.15, 0.2) is 144 Å². The van der Waals surface area contributed by atoms with E-state index in [0.29, 0.717) is 22.9 Å². The summed E-state index contributed by atoms with van der Waals surface area (Å²) in [6.45, 7) is 4.23. The largest absolute Gasteiger partial charge is 0.325 e. The third-order valence-corrected chi connectivity index (χ3v) is 8.78. The maximum absolute atomic E-state index is 13.6. The van der Waals surface area contributed by atoms with Gasteiger partial charge in [0.05, 0.1) is 10.5 Å². The molecule has 0 aromatic heterocycles. The van der Waals surface area contributed by atoms with E-state index in [0.717, 1.165) is 10.5 Å². The number of amides is 3. The van der Waals surface area contributed by atoms with Crippen molar-refractivity contribution in [3.63, 3.8) is 0 Å². The smallest absolute Gasteiger partial charge is 0.276 e. The van der Waals surface area contributed by atoms with Gasteiger partial charge < -0.3 is 16.0 Å². The average Bonchev–Trinajstić information content (AvgIpc) is 3.12. The molecule has 0 saturated heterocycles. The van der Waals surface area contributed by atoms with Crippen LogP contribution in [0.5, 0.6) is 0 Å². The number of hydrogen-bond donors (Lipinski definition) is 3. The quantitative estimate of drug-likeness (QED) is 0.0528. The molecule has 246 valence electrons. The van der Waals surface area contributed by atoms with Gasteiger partial charge in [-0.05, 0) is 77.7 Å².